The fourth-order valence-electron chi connectivity index (χ4n) is 4.02. The maximum Gasteiger partial charge on any atom is 0.524 e. The average Bonchev–Trinajstić information content (AvgIpc) is 2.80. The van der Waals surface area contributed by atoms with Gasteiger partial charge in [0.1, 0.15) is 22.1 Å². The molecule has 12 heteroatoms. The van der Waals surface area contributed by atoms with E-state index in [9.17, 15) is 29.0 Å². The van der Waals surface area contributed by atoms with E-state index in [4.69, 9.17) is 16.6 Å². The van der Waals surface area contributed by atoms with Crippen molar-refractivity contribution in [3.05, 3.63) is 75.9 Å². The van der Waals surface area contributed by atoms with Crippen molar-refractivity contribution in [1.29, 1.82) is 0 Å². The minimum Gasteiger partial charge on any atom is -0.478 e. The monoisotopic (exact) mass is 557 g/mol. The van der Waals surface area contributed by atoms with Gasteiger partial charge >= 0.3 is 13.8 Å². The number of hydrogen-bond donors (Lipinski definition) is 4. The molecule has 0 saturated carbocycles. The van der Waals surface area contributed by atoms with Crippen molar-refractivity contribution in [1.82, 2.24) is 5.32 Å². The van der Waals surface area contributed by atoms with Gasteiger partial charge in [0.15, 0.2) is 5.43 Å². The Hall–Kier alpha value is -3.60. The zero-order valence-electron chi connectivity index (χ0n) is 20.8. The van der Waals surface area contributed by atoms with E-state index < -0.39 is 13.8 Å². The van der Waals surface area contributed by atoms with Gasteiger partial charge in [-0.3, -0.25) is 14.6 Å². The average molecular weight is 558 g/mol. The molecule has 0 atom stereocenters. The molecule has 10 nitrogen and oxygen atoms in total. The molecule has 0 amide bonds. The maximum atomic E-state index is 12.3. The van der Waals surface area contributed by atoms with Crippen LogP contribution in [0.3, 0.4) is 0 Å². The fraction of sp³-hybridized carbons (Fsp3) is 0.192. The van der Waals surface area contributed by atoms with Crippen LogP contribution in [0.15, 0.2) is 63.8 Å². The minimum absolute atomic E-state index is 0.00143. The number of benzene rings is 3. The number of phosphoric acid groups is 1. The van der Waals surface area contributed by atoms with E-state index in [1.165, 1.54) is 36.4 Å². The Balaban J connectivity index is 1.93. The largest absolute Gasteiger partial charge is 0.524 e. The Kier molecular flexibility index (Phi) is 7.42. The second-order valence-electron chi connectivity index (χ2n) is 9.71. The van der Waals surface area contributed by atoms with Gasteiger partial charge in [-0.2, -0.15) is 0 Å². The molecule has 1 aliphatic heterocycles. The van der Waals surface area contributed by atoms with Crippen molar-refractivity contribution < 1.29 is 37.7 Å². The molecule has 0 spiro atoms. The molecule has 1 heterocycles. The normalized spacial score (nSPS) is 12.0. The van der Waals surface area contributed by atoms with Gasteiger partial charge in [-0.05, 0) is 42.0 Å². The van der Waals surface area contributed by atoms with Crippen LogP contribution in [0.5, 0.6) is 5.75 Å². The van der Waals surface area contributed by atoms with Crippen LogP contribution >= 0.6 is 20.0 Å². The topological polar surface area (TPSA) is 146 Å². The van der Waals surface area contributed by atoms with Crippen molar-refractivity contribution in [3.63, 3.8) is 0 Å². The zero-order valence-corrected chi connectivity index (χ0v) is 22.5. The van der Waals surface area contributed by atoms with E-state index in [1.54, 1.807) is 18.2 Å². The molecular formula is C26H26N2O8PS+. The van der Waals surface area contributed by atoms with Crippen molar-refractivity contribution in [2.24, 2.45) is 0 Å². The van der Waals surface area contributed by atoms with E-state index in [0.717, 1.165) is 11.0 Å². The van der Waals surface area contributed by atoms with Gasteiger partial charge in [-0.15, -0.1) is 0 Å². The summed E-state index contributed by atoms with van der Waals surface area (Å²) < 4.78 is 22.7. The number of nitrogens with zero attached hydrogens (tertiary/aromatic N) is 1. The summed E-state index contributed by atoms with van der Waals surface area (Å²) in [7, 11) is 1.34. The molecule has 4 N–H and O–H groups in total. The molecule has 2 aliphatic rings. The number of carbonyl (C=O) groups is 1. The van der Waals surface area contributed by atoms with Gasteiger partial charge < -0.3 is 23.8 Å². The minimum atomic E-state index is -4.84. The summed E-state index contributed by atoms with van der Waals surface area (Å²) in [6, 6.07) is 13.1. The molecule has 0 unspecified atom stereocenters. The number of fused-ring (bicyclic) bond motifs is 2. The second kappa shape index (κ2) is 10.3. The van der Waals surface area contributed by atoms with Gasteiger partial charge in [-0.25, -0.2) is 9.36 Å². The van der Waals surface area contributed by atoms with Crippen LogP contribution in [-0.4, -0.2) is 64.6 Å². The predicted octanol–water partition coefficient (Wildman–Crippen LogP) is 3.71. The fourth-order valence-corrected chi connectivity index (χ4v) is 4.64. The first-order chi connectivity index (χ1) is 17.7. The summed E-state index contributed by atoms with van der Waals surface area (Å²) in [5.74, 6) is -1.16. The number of aromatic carboxylic acids is 1. The Labute approximate surface area is 223 Å². The van der Waals surface area contributed by atoms with Crippen molar-refractivity contribution in [2.75, 3.05) is 34.2 Å². The Bertz CT molecular complexity index is 1640. The highest BCUT2D eigenvalue weighted by Crippen LogP contribution is 2.44. The first-order valence-electron chi connectivity index (χ1n) is 11.4. The van der Waals surface area contributed by atoms with Gasteiger partial charge in [0.25, 0.3) is 0 Å². The van der Waals surface area contributed by atoms with Crippen molar-refractivity contribution in [2.45, 2.75) is 0 Å². The number of nitrogens with one attached hydrogen (secondary N) is 1. The van der Waals surface area contributed by atoms with Crippen LogP contribution in [0.4, 0.5) is 0 Å². The number of carboxylic acids is 1. The third-order valence-corrected chi connectivity index (χ3v) is 6.57. The van der Waals surface area contributed by atoms with Gasteiger partial charge in [0.05, 0.1) is 39.8 Å². The number of thiocarbonyl (C=S) groups is 1. The molecule has 0 radical (unpaired) electrons. The standard InChI is InChI=1S/C26H25N2O8PS/c1-28(2,3)11-10-27-25(38)15-4-7-18(26(30)31)21(12-15)24-19-8-5-16(29)13-22(19)35-23-14-17(6-9-20(23)24)36-37(32,33)34/h4-9,12-14H,10-11H2,1-3H3,(H3-,27,30,31,32,33,34,38)/p+1. The van der Waals surface area contributed by atoms with Crippen LogP contribution in [0.2, 0.25) is 0 Å². The van der Waals surface area contributed by atoms with Gasteiger partial charge in [0.2, 0.25) is 0 Å². The molecule has 2 aromatic rings. The van der Waals surface area contributed by atoms with E-state index in [-0.39, 0.29) is 28.1 Å². The molecule has 0 bridgehead atoms. The Morgan fingerprint density at radius 3 is 2.45 bits per heavy atom. The lowest BCUT2D eigenvalue weighted by Gasteiger charge is -2.24. The highest BCUT2D eigenvalue weighted by molar-refractivity contribution is 7.80. The lowest BCUT2D eigenvalue weighted by Crippen LogP contribution is -2.41. The quantitative estimate of drug-likeness (QED) is 0.109. The Morgan fingerprint density at radius 1 is 1.05 bits per heavy atom. The molecule has 198 valence electrons. The summed E-state index contributed by atoms with van der Waals surface area (Å²) in [5, 5.41) is 13.7. The van der Waals surface area contributed by atoms with E-state index in [0.29, 0.717) is 39.2 Å². The van der Waals surface area contributed by atoms with Crippen molar-refractivity contribution in [3.8, 4) is 28.2 Å². The lowest BCUT2D eigenvalue weighted by atomic mass is 9.89. The third kappa shape index (κ3) is 6.27. The molecule has 0 aromatic heterocycles. The summed E-state index contributed by atoms with van der Waals surface area (Å²) in [6.07, 6.45) is 0. The Morgan fingerprint density at radius 2 is 1.79 bits per heavy atom. The second-order valence-corrected chi connectivity index (χ2v) is 11.3. The summed E-state index contributed by atoms with van der Waals surface area (Å²) in [5.41, 5.74) is 1.67. The third-order valence-electron chi connectivity index (χ3n) is 5.74. The number of hydrogen-bond acceptors (Lipinski definition) is 6. The number of carboxylic acid groups (broad SMARTS) is 1. The SMILES string of the molecule is C[N+](C)(C)CCNC(=S)c1ccc(C(=O)O)c(-c2c3ccc(=O)cc-3oc3cc(OP(=O)(O)O)ccc23)c1. The van der Waals surface area contributed by atoms with Crippen molar-refractivity contribution >= 4 is 42.0 Å². The molecule has 2 aromatic carbocycles. The first kappa shape index (κ1) is 27.4. The van der Waals surface area contributed by atoms with E-state index in [1.807, 2.05) is 0 Å². The number of likely N-dealkylation sites (N-methyl/N-ethyl adjacent to an activating group) is 1. The lowest BCUT2D eigenvalue weighted by molar-refractivity contribution is -0.869. The highest BCUT2D eigenvalue weighted by Gasteiger charge is 2.24. The van der Waals surface area contributed by atoms with Gasteiger partial charge in [-0.1, -0.05) is 18.3 Å². The van der Waals surface area contributed by atoms with Crippen LogP contribution < -0.4 is 15.3 Å². The number of quaternary nitrogens is 1. The number of phosphoric ester groups is 1. The molecule has 38 heavy (non-hydrogen) atoms. The molecule has 0 fully saturated rings. The summed E-state index contributed by atoms with van der Waals surface area (Å²) >= 11 is 5.59. The summed E-state index contributed by atoms with van der Waals surface area (Å²) in [6.45, 7) is 1.43. The summed E-state index contributed by atoms with van der Waals surface area (Å²) in [4.78, 5) is 43.2. The molecule has 4 rings (SSSR count). The molecular weight excluding hydrogens is 531 g/mol. The van der Waals surface area contributed by atoms with E-state index in [2.05, 4.69) is 31.0 Å². The maximum absolute atomic E-state index is 12.3. The number of rotatable bonds is 8. The van der Waals surface area contributed by atoms with E-state index >= 15 is 0 Å². The van der Waals surface area contributed by atoms with Crippen LogP contribution in [-0.2, 0) is 4.57 Å². The predicted molar refractivity (Wildman–Crippen MR) is 147 cm³/mol. The first-order valence-corrected chi connectivity index (χ1v) is 13.4. The molecule has 1 aliphatic carbocycles. The smallest absolute Gasteiger partial charge is 0.478 e. The van der Waals surface area contributed by atoms with Crippen LogP contribution in [0.25, 0.3) is 33.4 Å². The van der Waals surface area contributed by atoms with Crippen LogP contribution in [0, 0.1) is 0 Å². The van der Waals surface area contributed by atoms with Crippen LogP contribution in [0.1, 0.15) is 15.9 Å². The zero-order chi connectivity index (χ0) is 27.8. The molecule has 0 saturated heterocycles. The highest BCUT2D eigenvalue weighted by atomic mass is 32.1. The van der Waals surface area contributed by atoms with Gasteiger partial charge in [0, 0.05) is 34.2 Å².